The van der Waals surface area contributed by atoms with Crippen LogP contribution in [0.25, 0.3) is 11.4 Å². The van der Waals surface area contributed by atoms with Crippen molar-refractivity contribution in [3.05, 3.63) is 52.4 Å². The fourth-order valence-corrected chi connectivity index (χ4v) is 4.03. The molecule has 12 heteroatoms. The highest BCUT2D eigenvalue weighted by molar-refractivity contribution is 8.06. The molecule has 0 fully saturated rings. The van der Waals surface area contributed by atoms with Crippen molar-refractivity contribution in [2.24, 2.45) is 5.73 Å². The van der Waals surface area contributed by atoms with Crippen LogP contribution in [-0.2, 0) is 16.1 Å². The molecular weight excluding hydrogens is 459 g/mol. The van der Waals surface area contributed by atoms with E-state index in [0.717, 1.165) is 16.7 Å². The third-order valence-electron chi connectivity index (χ3n) is 5.01. The first-order valence-electron chi connectivity index (χ1n) is 9.77. The van der Waals surface area contributed by atoms with Crippen molar-refractivity contribution in [2.75, 3.05) is 16.8 Å². The number of nitrogens with two attached hydrogens (primary N) is 1. The molecule has 3 heterocycles. The van der Waals surface area contributed by atoms with Crippen LogP contribution >= 0.6 is 11.8 Å². The van der Waals surface area contributed by atoms with Gasteiger partial charge in [0, 0.05) is 6.20 Å². The number of nitrogens with one attached hydrogen (secondary N) is 1. The maximum Gasteiger partial charge on any atom is 0.278 e. The summed E-state index contributed by atoms with van der Waals surface area (Å²) in [6.45, 7) is 1.82. The molecule has 8 nitrogen and oxygen atoms in total. The van der Waals surface area contributed by atoms with Crippen molar-refractivity contribution >= 4 is 35.1 Å². The zero-order valence-electron chi connectivity index (χ0n) is 17.2. The molecule has 1 aromatic heterocycles. The van der Waals surface area contributed by atoms with Gasteiger partial charge in [-0.2, -0.15) is 0 Å². The summed E-state index contributed by atoms with van der Waals surface area (Å²) in [7, 11) is 0. The SMILES string of the molecule is C[C@H](Nc1ccc2c(c1F)OCCn1cc(N3C(=C=O)SC=CC=C3C(F)F)nc1-2)C(N)=O. The second kappa shape index (κ2) is 9.08. The van der Waals surface area contributed by atoms with Gasteiger partial charge >= 0.3 is 0 Å². The minimum absolute atomic E-state index is 0.0179. The number of allylic oxidation sites excluding steroid dienone is 3. The first-order valence-corrected chi connectivity index (χ1v) is 10.6. The van der Waals surface area contributed by atoms with Crippen LogP contribution < -0.4 is 20.7 Å². The van der Waals surface area contributed by atoms with Crippen LogP contribution in [0.15, 0.2) is 46.6 Å². The van der Waals surface area contributed by atoms with E-state index in [4.69, 9.17) is 10.5 Å². The first kappa shape index (κ1) is 22.6. The molecule has 0 saturated heterocycles. The molecule has 1 atom stereocenters. The molecule has 172 valence electrons. The summed E-state index contributed by atoms with van der Waals surface area (Å²) < 4.78 is 49.9. The molecule has 0 bridgehead atoms. The Hall–Kier alpha value is -3.63. The Morgan fingerprint density at radius 1 is 1.39 bits per heavy atom. The number of alkyl halides is 2. The number of amides is 1. The van der Waals surface area contributed by atoms with E-state index in [-0.39, 0.29) is 46.8 Å². The standard InChI is InChI=1S/C21H18F3N5O3S/c1-11(20(25)31)26-13-5-4-12-18(17(13)22)32-7-6-28-9-15(27-21(12)28)29-14(19(23)24)3-2-8-33-16(29)10-30/h2-5,8-9,11,19,26H,6-7H2,1H3,(H2,25,31)/t11-/m0/s1. The second-order valence-corrected chi connectivity index (χ2v) is 8.01. The number of imidazole rings is 1. The lowest BCUT2D eigenvalue weighted by atomic mass is 10.1. The number of rotatable bonds is 5. The van der Waals surface area contributed by atoms with Gasteiger partial charge in [-0.3, -0.25) is 9.69 Å². The normalized spacial score (nSPS) is 16.1. The molecule has 0 radical (unpaired) electrons. The van der Waals surface area contributed by atoms with Crippen molar-refractivity contribution in [2.45, 2.75) is 25.9 Å². The fraction of sp³-hybridized carbons (Fsp3) is 0.238. The molecule has 33 heavy (non-hydrogen) atoms. The van der Waals surface area contributed by atoms with Crippen LogP contribution in [0, 0.1) is 5.82 Å². The second-order valence-electron chi connectivity index (χ2n) is 7.12. The largest absolute Gasteiger partial charge is 0.488 e. The maximum absolute atomic E-state index is 15.2. The number of primary amides is 1. The van der Waals surface area contributed by atoms with Crippen LogP contribution in [0.2, 0.25) is 0 Å². The molecule has 3 N–H and O–H groups in total. The Kier molecular flexibility index (Phi) is 6.21. The quantitative estimate of drug-likeness (QED) is 0.638. The fourth-order valence-electron chi connectivity index (χ4n) is 3.39. The summed E-state index contributed by atoms with van der Waals surface area (Å²) >= 11 is 0.929. The summed E-state index contributed by atoms with van der Waals surface area (Å²) in [5, 5.41) is 4.07. The lowest BCUT2D eigenvalue weighted by Gasteiger charge is -2.22. The predicted molar refractivity (Wildman–Crippen MR) is 118 cm³/mol. The van der Waals surface area contributed by atoms with E-state index < -0.39 is 29.9 Å². The zero-order chi connectivity index (χ0) is 23.7. The molecule has 1 aromatic carbocycles. The van der Waals surface area contributed by atoms with Crippen LogP contribution in [0.3, 0.4) is 0 Å². The van der Waals surface area contributed by atoms with Gasteiger partial charge in [-0.05, 0) is 30.5 Å². The van der Waals surface area contributed by atoms with Gasteiger partial charge in [0.1, 0.15) is 18.5 Å². The molecule has 0 aliphatic carbocycles. The van der Waals surface area contributed by atoms with Crippen LogP contribution in [0.1, 0.15) is 6.92 Å². The third kappa shape index (κ3) is 4.22. The third-order valence-corrected chi connectivity index (χ3v) is 5.79. The number of anilines is 2. The number of fused-ring (bicyclic) bond motifs is 3. The Labute approximate surface area is 190 Å². The average molecular weight is 477 g/mol. The van der Waals surface area contributed by atoms with E-state index >= 15 is 4.39 Å². The average Bonchev–Trinajstić information content (AvgIpc) is 2.96. The van der Waals surface area contributed by atoms with Crippen molar-refractivity contribution in [3.8, 4) is 17.1 Å². The lowest BCUT2D eigenvalue weighted by Crippen LogP contribution is -2.32. The van der Waals surface area contributed by atoms with E-state index in [0.29, 0.717) is 0 Å². The Morgan fingerprint density at radius 2 is 2.18 bits per heavy atom. The van der Waals surface area contributed by atoms with Crippen molar-refractivity contribution in [3.63, 3.8) is 0 Å². The van der Waals surface area contributed by atoms with E-state index in [2.05, 4.69) is 10.3 Å². The number of carbonyl (C=O) groups is 1. The summed E-state index contributed by atoms with van der Waals surface area (Å²) in [5.74, 6) is 0.515. The van der Waals surface area contributed by atoms with Crippen molar-refractivity contribution in [1.29, 1.82) is 0 Å². The highest BCUT2D eigenvalue weighted by atomic mass is 32.2. The number of nitrogens with zero attached hydrogens (tertiary/aromatic N) is 3. The van der Waals surface area contributed by atoms with Gasteiger partial charge in [-0.25, -0.2) is 22.9 Å². The molecule has 2 aliphatic rings. The molecule has 2 aliphatic heterocycles. The number of hydrogen-bond donors (Lipinski definition) is 2. The number of aromatic nitrogens is 2. The summed E-state index contributed by atoms with van der Waals surface area (Å²) in [4.78, 5) is 28.3. The van der Waals surface area contributed by atoms with E-state index in [1.54, 1.807) is 16.6 Å². The van der Waals surface area contributed by atoms with Gasteiger partial charge in [0.15, 0.2) is 28.4 Å². The van der Waals surface area contributed by atoms with Gasteiger partial charge < -0.3 is 20.4 Å². The van der Waals surface area contributed by atoms with Gasteiger partial charge in [0.2, 0.25) is 5.91 Å². The maximum atomic E-state index is 15.2. The minimum atomic E-state index is -2.88. The van der Waals surface area contributed by atoms with Crippen LogP contribution in [-0.4, -0.2) is 40.5 Å². The van der Waals surface area contributed by atoms with Crippen LogP contribution in [0.4, 0.5) is 24.7 Å². The molecule has 0 spiro atoms. The highest BCUT2D eigenvalue weighted by Crippen LogP contribution is 2.40. The number of benzene rings is 1. The molecule has 2 aromatic rings. The van der Waals surface area contributed by atoms with E-state index in [9.17, 15) is 18.4 Å². The lowest BCUT2D eigenvalue weighted by molar-refractivity contribution is -0.118. The first-order chi connectivity index (χ1) is 15.8. The number of hydrogen-bond acceptors (Lipinski definition) is 7. The molecule has 0 unspecified atom stereocenters. The smallest absolute Gasteiger partial charge is 0.278 e. The Morgan fingerprint density at radius 3 is 2.88 bits per heavy atom. The summed E-state index contributed by atoms with van der Waals surface area (Å²) in [5.41, 5.74) is 5.10. The Balaban J connectivity index is 1.79. The predicted octanol–water partition coefficient (Wildman–Crippen LogP) is 3.26. The van der Waals surface area contributed by atoms with E-state index in [1.165, 1.54) is 36.7 Å². The van der Waals surface area contributed by atoms with Crippen LogP contribution in [0.5, 0.6) is 5.75 Å². The summed E-state index contributed by atoms with van der Waals surface area (Å²) in [6.07, 6.45) is 1.21. The van der Waals surface area contributed by atoms with Gasteiger partial charge in [0.05, 0.1) is 23.5 Å². The molecule has 0 saturated carbocycles. The van der Waals surface area contributed by atoms with Crippen molar-refractivity contribution in [1.82, 2.24) is 9.55 Å². The molecule has 4 rings (SSSR count). The highest BCUT2D eigenvalue weighted by Gasteiger charge is 2.30. The zero-order valence-corrected chi connectivity index (χ0v) is 18.0. The van der Waals surface area contributed by atoms with Crippen molar-refractivity contribution < 1.29 is 27.5 Å². The Bertz CT molecular complexity index is 1220. The number of carbonyl (C=O) groups excluding carboxylic acids is 2. The number of thioether (sulfide) groups is 1. The number of ether oxygens (including phenoxy) is 1. The summed E-state index contributed by atoms with van der Waals surface area (Å²) in [6, 6.07) is 2.13. The monoisotopic (exact) mass is 477 g/mol. The van der Waals surface area contributed by atoms with Gasteiger partial charge in [0.25, 0.3) is 6.43 Å². The number of halogens is 3. The molecule has 1 amide bonds. The minimum Gasteiger partial charge on any atom is -0.488 e. The van der Waals surface area contributed by atoms with E-state index in [1.807, 2.05) is 0 Å². The van der Waals surface area contributed by atoms with Gasteiger partial charge in [-0.1, -0.05) is 17.8 Å². The molecular formula is C21H18F3N5O3S. The van der Waals surface area contributed by atoms with Gasteiger partial charge in [-0.15, -0.1) is 0 Å². The topological polar surface area (TPSA) is 102 Å².